The minimum Gasteiger partial charge on any atom is -0.496 e. The van der Waals surface area contributed by atoms with Crippen LogP contribution in [0.2, 0.25) is 0 Å². The van der Waals surface area contributed by atoms with Crippen molar-refractivity contribution >= 4 is 22.6 Å². The number of amides is 2. The van der Waals surface area contributed by atoms with Crippen LogP contribution in [0, 0.1) is 0 Å². The molecule has 2 aromatic carbocycles. The van der Waals surface area contributed by atoms with Gasteiger partial charge in [-0.25, -0.2) is 0 Å². The molecular formula is C21H21N3O4. The number of carbonyl (C=O) groups is 2. The first-order valence-electron chi connectivity index (χ1n) is 8.82. The fraction of sp³-hybridized carbons (Fsp3) is 0.190. The molecule has 0 fully saturated rings. The number of hydrogen-bond acceptors (Lipinski definition) is 4. The molecule has 2 N–H and O–H groups in total. The molecule has 28 heavy (non-hydrogen) atoms. The number of hydrogen-bond donors (Lipinski definition) is 2. The lowest BCUT2D eigenvalue weighted by molar-refractivity contribution is -0.126. The summed E-state index contributed by atoms with van der Waals surface area (Å²) in [7, 11) is 1.57. The highest BCUT2D eigenvalue weighted by molar-refractivity contribution is 5.85. The van der Waals surface area contributed by atoms with Gasteiger partial charge >= 0.3 is 0 Å². The van der Waals surface area contributed by atoms with Crippen molar-refractivity contribution in [3.63, 3.8) is 0 Å². The largest absolute Gasteiger partial charge is 0.496 e. The van der Waals surface area contributed by atoms with Gasteiger partial charge in [-0.05, 0) is 23.6 Å². The molecule has 0 saturated heterocycles. The fourth-order valence-electron chi connectivity index (χ4n) is 2.85. The smallest absolute Gasteiger partial charge is 0.258 e. The quantitative estimate of drug-likeness (QED) is 0.650. The van der Waals surface area contributed by atoms with Gasteiger partial charge < -0.3 is 19.9 Å². The Kier molecular flexibility index (Phi) is 6.06. The monoisotopic (exact) mass is 379 g/mol. The number of fused-ring (bicyclic) bond motifs is 1. The lowest BCUT2D eigenvalue weighted by atomic mass is 10.2. The van der Waals surface area contributed by atoms with E-state index in [1.807, 2.05) is 36.4 Å². The van der Waals surface area contributed by atoms with E-state index in [1.54, 1.807) is 31.5 Å². The summed E-state index contributed by atoms with van der Waals surface area (Å²) in [5.41, 5.74) is 0.598. The molecule has 144 valence electrons. The number of rotatable bonds is 7. The Morgan fingerprint density at radius 3 is 2.54 bits per heavy atom. The number of ether oxygens (including phenoxy) is 1. The van der Waals surface area contributed by atoms with Crippen LogP contribution in [0.15, 0.2) is 65.6 Å². The van der Waals surface area contributed by atoms with Crippen molar-refractivity contribution in [1.29, 1.82) is 0 Å². The summed E-state index contributed by atoms with van der Waals surface area (Å²) in [6.07, 6.45) is 1.58. The molecule has 3 rings (SSSR count). The lowest BCUT2D eigenvalue weighted by Gasteiger charge is -2.11. The summed E-state index contributed by atoms with van der Waals surface area (Å²) in [6.45, 7) is -0.0252. The number of carbonyl (C=O) groups excluding carboxylic acids is 2. The van der Waals surface area contributed by atoms with Crippen molar-refractivity contribution in [2.24, 2.45) is 0 Å². The Balaban J connectivity index is 1.52. The molecule has 0 spiro atoms. The molecule has 3 aromatic rings. The normalized spacial score (nSPS) is 10.5. The SMILES string of the molecule is COc1ccccc1CNC(=O)CNC(=O)Cn1ccc2ccccc2c1=O. The van der Waals surface area contributed by atoms with Crippen LogP contribution < -0.4 is 20.9 Å². The molecule has 0 aliphatic heterocycles. The topological polar surface area (TPSA) is 89.4 Å². The summed E-state index contributed by atoms with van der Waals surface area (Å²) in [5, 5.41) is 6.62. The Hall–Kier alpha value is -3.61. The average molecular weight is 379 g/mol. The van der Waals surface area contributed by atoms with Crippen LogP contribution in [0.25, 0.3) is 10.8 Å². The van der Waals surface area contributed by atoms with Gasteiger partial charge in [0.1, 0.15) is 12.3 Å². The van der Waals surface area contributed by atoms with E-state index in [4.69, 9.17) is 4.74 Å². The standard InChI is InChI=1S/C21H21N3O4/c1-28-18-9-5-3-7-16(18)12-22-19(25)13-23-20(26)14-24-11-10-15-6-2-4-8-17(15)21(24)27/h2-11H,12-14H2,1H3,(H,22,25)(H,23,26). The number of benzene rings is 2. The molecule has 7 heteroatoms. The van der Waals surface area contributed by atoms with E-state index < -0.39 is 5.91 Å². The van der Waals surface area contributed by atoms with E-state index in [9.17, 15) is 14.4 Å². The summed E-state index contributed by atoms with van der Waals surface area (Å²) < 4.78 is 6.55. The van der Waals surface area contributed by atoms with Gasteiger partial charge in [-0.2, -0.15) is 0 Å². The molecule has 1 heterocycles. The van der Waals surface area contributed by atoms with E-state index in [-0.39, 0.29) is 24.6 Å². The zero-order chi connectivity index (χ0) is 19.9. The van der Waals surface area contributed by atoms with Gasteiger partial charge in [0.2, 0.25) is 11.8 Å². The summed E-state index contributed by atoms with van der Waals surface area (Å²) in [5.74, 6) is -0.0579. The number of para-hydroxylation sites is 1. The first-order valence-corrected chi connectivity index (χ1v) is 8.82. The average Bonchev–Trinajstić information content (AvgIpc) is 2.73. The van der Waals surface area contributed by atoms with E-state index >= 15 is 0 Å². The molecule has 0 bridgehead atoms. The van der Waals surface area contributed by atoms with Crippen LogP contribution in [0.5, 0.6) is 5.75 Å². The Morgan fingerprint density at radius 1 is 0.964 bits per heavy atom. The van der Waals surface area contributed by atoms with Crippen molar-refractivity contribution in [3.8, 4) is 5.75 Å². The third-order valence-corrected chi connectivity index (χ3v) is 4.31. The molecule has 0 saturated carbocycles. The maximum Gasteiger partial charge on any atom is 0.258 e. The zero-order valence-corrected chi connectivity index (χ0v) is 15.5. The van der Waals surface area contributed by atoms with Crippen molar-refractivity contribution < 1.29 is 14.3 Å². The van der Waals surface area contributed by atoms with Gasteiger partial charge in [-0.3, -0.25) is 14.4 Å². The highest BCUT2D eigenvalue weighted by atomic mass is 16.5. The second-order valence-corrected chi connectivity index (χ2v) is 6.20. The zero-order valence-electron chi connectivity index (χ0n) is 15.5. The summed E-state index contributed by atoms with van der Waals surface area (Å²) in [6, 6.07) is 16.3. The van der Waals surface area contributed by atoms with E-state index in [2.05, 4.69) is 10.6 Å². The van der Waals surface area contributed by atoms with Crippen LogP contribution in [0.1, 0.15) is 5.56 Å². The Morgan fingerprint density at radius 2 is 1.71 bits per heavy atom. The predicted octanol–water partition coefficient (Wildman–Crippen LogP) is 1.44. The van der Waals surface area contributed by atoms with E-state index in [1.165, 1.54) is 4.57 Å². The molecule has 7 nitrogen and oxygen atoms in total. The molecule has 0 aliphatic rings. The minimum atomic E-state index is -0.412. The van der Waals surface area contributed by atoms with E-state index in [0.29, 0.717) is 17.7 Å². The minimum absolute atomic E-state index is 0.149. The number of aromatic nitrogens is 1. The molecule has 2 amide bonds. The fourth-order valence-corrected chi connectivity index (χ4v) is 2.85. The van der Waals surface area contributed by atoms with Crippen molar-refractivity contribution in [3.05, 3.63) is 76.7 Å². The maximum absolute atomic E-state index is 12.4. The molecule has 0 unspecified atom stereocenters. The van der Waals surface area contributed by atoms with Crippen molar-refractivity contribution in [2.75, 3.05) is 13.7 Å². The molecule has 0 aliphatic carbocycles. The lowest BCUT2D eigenvalue weighted by Crippen LogP contribution is -2.39. The van der Waals surface area contributed by atoms with Crippen molar-refractivity contribution in [2.45, 2.75) is 13.1 Å². The van der Waals surface area contributed by atoms with Crippen LogP contribution in [-0.2, 0) is 22.7 Å². The highest BCUT2D eigenvalue weighted by Gasteiger charge is 2.09. The molecule has 0 radical (unpaired) electrons. The van der Waals surface area contributed by atoms with Crippen LogP contribution in [0.3, 0.4) is 0 Å². The number of pyridine rings is 1. The maximum atomic E-state index is 12.4. The van der Waals surface area contributed by atoms with Crippen LogP contribution in [-0.4, -0.2) is 30.0 Å². The van der Waals surface area contributed by atoms with Gasteiger partial charge in [-0.15, -0.1) is 0 Å². The van der Waals surface area contributed by atoms with Crippen molar-refractivity contribution in [1.82, 2.24) is 15.2 Å². The highest BCUT2D eigenvalue weighted by Crippen LogP contribution is 2.16. The van der Waals surface area contributed by atoms with Gasteiger partial charge in [0.25, 0.3) is 5.56 Å². The van der Waals surface area contributed by atoms with Crippen LogP contribution >= 0.6 is 0 Å². The number of methoxy groups -OCH3 is 1. The second-order valence-electron chi connectivity index (χ2n) is 6.20. The Labute approximate surface area is 161 Å². The second kappa shape index (κ2) is 8.85. The first-order chi connectivity index (χ1) is 13.6. The van der Waals surface area contributed by atoms with Crippen LogP contribution in [0.4, 0.5) is 0 Å². The summed E-state index contributed by atoms with van der Waals surface area (Å²) in [4.78, 5) is 36.5. The molecular weight excluding hydrogens is 358 g/mol. The third kappa shape index (κ3) is 4.56. The van der Waals surface area contributed by atoms with Gasteiger partial charge in [0.05, 0.1) is 13.7 Å². The number of nitrogens with one attached hydrogen (secondary N) is 2. The first kappa shape index (κ1) is 19.2. The third-order valence-electron chi connectivity index (χ3n) is 4.31. The Bertz CT molecular complexity index is 1060. The van der Waals surface area contributed by atoms with Gasteiger partial charge in [0.15, 0.2) is 0 Å². The van der Waals surface area contributed by atoms with Gasteiger partial charge in [0, 0.05) is 23.7 Å². The van der Waals surface area contributed by atoms with E-state index in [0.717, 1.165) is 10.9 Å². The summed E-state index contributed by atoms with van der Waals surface area (Å²) >= 11 is 0. The van der Waals surface area contributed by atoms with Gasteiger partial charge in [-0.1, -0.05) is 36.4 Å². The number of nitrogens with zero attached hydrogens (tertiary/aromatic N) is 1. The molecule has 1 aromatic heterocycles. The predicted molar refractivity (Wildman–Crippen MR) is 106 cm³/mol. The molecule has 0 atom stereocenters.